The van der Waals surface area contributed by atoms with Crippen LogP contribution in [-0.2, 0) is 12.8 Å². The summed E-state index contributed by atoms with van der Waals surface area (Å²) in [4.78, 5) is 18.0. The molecular formula is C39H42FN7. The summed E-state index contributed by atoms with van der Waals surface area (Å²) in [5, 5.41) is 9.93. The molecule has 0 unspecified atom stereocenters. The Morgan fingerprint density at radius 3 is 2.17 bits per heavy atom. The van der Waals surface area contributed by atoms with Gasteiger partial charge in [0.25, 0.3) is 0 Å². The van der Waals surface area contributed by atoms with E-state index in [0.29, 0.717) is 0 Å². The molecule has 240 valence electrons. The van der Waals surface area contributed by atoms with Crippen molar-refractivity contribution in [3.63, 3.8) is 0 Å². The van der Waals surface area contributed by atoms with Crippen LogP contribution in [0.2, 0.25) is 0 Å². The summed E-state index contributed by atoms with van der Waals surface area (Å²) in [5.41, 5.74) is 9.77. The SMILES string of the molecule is Fc1cc(CCCN2CCCC2)cc(-c2nccc3[nH]c(-c4n[nH]c5ccc(-c6cncc(CCCN7CCCC7)c6)cc45)cc23)c1. The summed E-state index contributed by atoms with van der Waals surface area (Å²) in [6.45, 7) is 7.09. The maximum atomic E-state index is 14.9. The van der Waals surface area contributed by atoms with Crippen molar-refractivity contribution >= 4 is 21.8 Å². The number of benzene rings is 2. The first-order valence-corrected chi connectivity index (χ1v) is 17.3. The predicted octanol–water partition coefficient (Wildman–Crippen LogP) is 8.03. The molecule has 0 radical (unpaired) electrons. The van der Waals surface area contributed by atoms with Gasteiger partial charge in [-0.2, -0.15) is 5.10 Å². The standard InChI is InChI=1S/C39H42FN7/c40-32-21-27(7-5-17-46-13-1-2-14-46)19-30(22-32)38-34-24-37(43-35(34)11-12-42-38)39-33-23-29(9-10-36(33)44-45-39)31-20-28(25-41-26-31)8-6-18-47-15-3-4-16-47/h9-12,19-26,43H,1-8,13-18H2,(H,44,45). The van der Waals surface area contributed by atoms with E-state index in [4.69, 9.17) is 10.1 Å². The fourth-order valence-corrected chi connectivity index (χ4v) is 7.55. The van der Waals surface area contributed by atoms with E-state index in [0.717, 1.165) is 99.9 Å². The van der Waals surface area contributed by atoms with Gasteiger partial charge in [0.1, 0.15) is 11.5 Å². The Kier molecular flexibility index (Phi) is 8.53. The Morgan fingerprint density at radius 1 is 0.660 bits per heavy atom. The van der Waals surface area contributed by atoms with Gasteiger partial charge in [-0.3, -0.25) is 15.1 Å². The minimum Gasteiger partial charge on any atom is -0.353 e. The molecule has 2 aromatic carbocycles. The lowest BCUT2D eigenvalue weighted by Gasteiger charge is -2.14. The summed E-state index contributed by atoms with van der Waals surface area (Å²) < 4.78 is 14.9. The van der Waals surface area contributed by atoms with E-state index in [1.165, 1.54) is 57.4 Å². The number of halogens is 1. The fourth-order valence-electron chi connectivity index (χ4n) is 7.55. The van der Waals surface area contributed by atoms with Crippen molar-refractivity contribution in [1.29, 1.82) is 0 Å². The Labute approximate surface area is 275 Å². The van der Waals surface area contributed by atoms with Crippen LogP contribution in [0.3, 0.4) is 0 Å². The van der Waals surface area contributed by atoms with Crippen LogP contribution < -0.4 is 0 Å². The van der Waals surface area contributed by atoms with Crippen LogP contribution in [0.4, 0.5) is 4.39 Å². The number of hydrogen-bond acceptors (Lipinski definition) is 5. The first-order valence-electron chi connectivity index (χ1n) is 17.3. The highest BCUT2D eigenvalue weighted by Crippen LogP contribution is 2.35. The molecule has 2 saturated heterocycles. The van der Waals surface area contributed by atoms with E-state index >= 15 is 0 Å². The summed E-state index contributed by atoms with van der Waals surface area (Å²) in [5.74, 6) is -0.218. The van der Waals surface area contributed by atoms with Gasteiger partial charge in [0.05, 0.1) is 16.9 Å². The molecule has 2 N–H and O–H groups in total. The highest BCUT2D eigenvalue weighted by molar-refractivity contribution is 6.00. The zero-order valence-corrected chi connectivity index (χ0v) is 26.9. The number of nitrogens with zero attached hydrogens (tertiary/aromatic N) is 5. The summed E-state index contributed by atoms with van der Waals surface area (Å²) >= 11 is 0. The fraction of sp³-hybridized carbons (Fsp3) is 0.359. The molecule has 2 aliphatic rings. The summed E-state index contributed by atoms with van der Waals surface area (Å²) in [6.07, 6.45) is 15.1. The molecule has 0 aliphatic carbocycles. The monoisotopic (exact) mass is 627 g/mol. The average molecular weight is 628 g/mol. The van der Waals surface area contributed by atoms with Crippen molar-refractivity contribution in [3.8, 4) is 33.8 Å². The van der Waals surface area contributed by atoms with E-state index in [-0.39, 0.29) is 5.82 Å². The second-order valence-corrected chi connectivity index (χ2v) is 13.4. The van der Waals surface area contributed by atoms with Crippen molar-refractivity contribution < 1.29 is 4.39 Å². The zero-order valence-electron chi connectivity index (χ0n) is 26.9. The van der Waals surface area contributed by atoms with E-state index in [1.54, 1.807) is 18.3 Å². The third-order valence-corrected chi connectivity index (χ3v) is 10.0. The van der Waals surface area contributed by atoms with Crippen molar-refractivity contribution in [2.45, 2.75) is 51.4 Å². The number of pyridine rings is 2. The van der Waals surface area contributed by atoms with Crippen LogP contribution in [0.25, 0.3) is 55.6 Å². The summed E-state index contributed by atoms with van der Waals surface area (Å²) in [6, 6.07) is 18.1. The van der Waals surface area contributed by atoms with E-state index in [2.05, 4.69) is 61.3 Å². The van der Waals surface area contributed by atoms with Crippen LogP contribution in [-0.4, -0.2) is 74.2 Å². The number of likely N-dealkylation sites (tertiary alicyclic amines) is 2. The van der Waals surface area contributed by atoms with Crippen molar-refractivity contribution in [2.75, 3.05) is 39.3 Å². The second kappa shape index (κ2) is 13.4. The Hall–Kier alpha value is -4.40. The van der Waals surface area contributed by atoms with Crippen molar-refractivity contribution in [3.05, 3.63) is 90.1 Å². The third kappa shape index (κ3) is 6.58. The number of fused-ring (bicyclic) bond motifs is 2. The lowest BCUT2D eigenvalue weighted by atomic mass is 10.0. The van der Waals surface area contributed by atoms with Gasteiger partial charge in [-0.05, 0) is 156 Å². The molecular weight excluding hydrogens is 585 g/mol. The number of hydrogen-bond donors (Lipinski definition) is 2. The Morgan fingerprint density at radius 2 is 1.38 bits per heavy atom. The largest absolute Gasteiger partial charge is 0.353 e. The molecule has 8 rings (SSSR count). The van der Waals surface area contributed by atoms with Gasteiger partial charge in [-0.25, -0.2) is 4.39 Å². The van der Waals surface area contributed by atoms with Gasteiger partial charge >= 0.3 is 0 Å². The molecule has 8 heteroatoms. The average Bonchev–Trinajstić information content (AvgIpc) is 3.91. The highest BCUT2D eigenvalue weighted by Gasteiger charge is 2.17. The molecule has 0 bridgehead atoms. The van der Waals surface area contributed by atoms with E-state index in [1.807, 2.05) is 18.5 Å². The molecule has 47 heavy (non-hydrogen) atoms. The Balaban J connectivity index is 1.05. The topological polar surface area (TPSA) is 76.7 Å². The lowest BCUT2D eigenvalue weighted by Crippen LogP contribution is -2.20. The smallest absolute Gasteiger partial charge is 0.124 e. The molecule has 6 aromatic rings. The summed E-state index contributed by atoms with van der Waals surface area (Å²) in [7, 11) is 0. The Bertz CT molecular complexity index is 2000. The molecule has 0 atom stereocenters. The van der Waals surface area contributed by atoms with E-state index in [9.17, 15) is 4.39 Å². The van der Waals surface area contributed by atoms with Crippen LogP contribution in [0, 0.1) is 5.82 Å². The quantitative estimate of drug-likeness (QED) is 0.152. The number of aromatic amines is 2. The zero-order chi connectivity index (χ0) is 31.6. The van der Waals surface area contributed by atoms with Crippen LogP contribution in [0.15, 0.2) is 73.2 Å². The van der Waals surface area contributed by atoms with E-state index < -0.39 is 0 Å². The van der Waals surface area contributed by atoms with Crippen LogP contribution in [0.5, 0.6) is 0 Å². The van der Waals surface area contributed by atoms with Gasteiger partial charge in [0.2, 0.25) is 0 Å². The molecule has 6 heterocycles. The number of nitrogens with one attached hydrogen (secondary N) is 2. The molecule has 4 aromatic heterocycles. The van der Waals surface area contributed by atoms with Gasteiger partial charge in [-0.1, -0.05) is 6.07 Å². The van der Waals surface area contributed by atoms with Crippen molar-refractivity contribution in [1.82, 2.24) is 34.9 Å². The molecule has 0 spiro atoms. The first-order chi connectivity index (χ1) is 23.2. The maximum absolute atomic E-state index is 14.9. The van der Waals surface area contributed by atoms with Gasteiger partial charge in [-0.15, -0.1) is 0 Å². The minimum atomic E-state index is -0.218. The number of rotatable bonds is 11. The predicted molar refractivity (Wildman–Crippen MR) is 188 cm³/mol. The molecule has 2 fully saturated rings. The van der Waals surface area contributed by atoms with Gasteiger partial charge in [0.15, 0.2) is 0 Å². The number of H-pyrrole nitrogens is 2. The minimum absolute atomic E-state index is 0.218. The van der Waals surface area contributed by atoms with Gasteiger partial charge < -0.3 is 14.8 Å². The van der Waals surface area contributed by atoms with Crippen LogP contribution >= 0.6 is 0 Å². The molecule has 2 aliphatic heterocycles. The third-order valence-electron chi connectivity index (χ3n) is 10.0. The number of aryl methyl sites for hydroxylation is 2. The highest BCUT2D eigenvalue weighted by atomic mass is 19.1. The maximum Gasteiger partial charge on any atom is 0.124 e. The molecule has 0 amide bonds. The molecule has 7 nitrogen and oxygen atoms in total. The van der Waals surface area contributed by atoms with Crippen molar-refractivity contribution in [2.24, 2.45) is 0 Å². The molecule has 0 saturated carbocycles. The first kappa shape index (κ1) is 30.0. The van der Waals surface area contributed by atoms with Gasteiger partial charge in [0, 0.05) is 46.0 Å². The van der Waals surface area contributed by atoms with Crippen LogP contribution in [0.1, 0.15) is 49.7 Å². The lowest BCUT2D eigenvalue weighted by molar-refractivity contribution is 0.334. The normalized spacial score (nSPS) is 15.9. The number of aromatic nitrogens is 5. The second-order valence-electron chi connectivity index (χ2n) is 13.4.